The normalized spacial score (nSPS) is 10.1. The molecule has 0 aromatic heterocycles. The molecule has 0 heterocycles. The maximum atomic E-state index is 5.99. The fraction of sp³-hybridized carbons (Fsp3) is 0.143. The maximum Gasteiger partial charge on any atom is 0.123 e. The Morgan fingerprint density at radius 1 is 1.00 bits per heavy atom. The Hall–Kier alpha value is -1.47. The lowest BCUT2D eigenvalue weighted by molar-refractivity contribution is 0.411. The van der Waals surface area contributed by atoms with Crippen LogP contribution < -0.4 is 4.74 Å². The number of hydrogen-bond donors (Lipinski definition) is 0. The van der Waals surface area contributed by atoms with Gasteiger partial charge in [-0.1, -0.05) is 42.5 Å². The van der Waals surface area contributed by atoms with Crippen LogP contribution in [-0.2, 0) is 5.88 Å². The van der Waals surface area contributed by atoms with Gasteiger partial charge in [-0.3, -0.25) is 0 Å². The lowest BCUT2D eigenvalue weighted by Crippen LogP contribution is -1.92. The van der Waals surface area contributed by atoms with Crippen molar-refractivity contribution in [2.45, 2.75) is 5.88 Å². The second kappa shape index (κ2) is 5.04. The summed E-state index contributed by atoms with van der Waals surface area (Å²) in [7, 11) is 1.67. The smallest absolute Gasteiger partial charge is 0.123 e. The molecule has 0 atom stereocenters. The van der Waals surface area contributed by atoms with E-state index in [9.17, 15) is 0 Å². The van der Waals surface area contributed by atoms with Crippen LogP contribution in [0.5, 0.6) is 5.75 Å². The molecule has 0 aliphatic rings. The van der Waals surface area contributed by atoms with Crippen LogP contribution in [0.4, 0.5) is 0 Å². The van der Waals surface area contributed by atoms with Gasteiger partial charge in [0.05, 0.1) is 13.0 Å². The number of methoxy groups -OCH3 is 1. The largest absolute Gasteiger partial charge is 0.496 e. The summed E-state index contributed by atoms with van der Waals surface area (Å²) in [5, 5.41) is 0. The molecule has 2 rings (SSSR count). The number of hydrogen-bond acceptors (Lipinski definition) is 1. The van der Waals surface area contributed by atoms with Gasteiger partial charge < -0.3 is 4.74 Å². The van der Waals surface area contributed by atoms with Gasteiger partial charge in [0.15, 0.2) is 0 Å². The van der Waals surface area contributed by atoms with Gasteiger partial charge in [0, 0.05) is 5.56 Å². The molecule has 0 aliphatic carbocycles. The summed E-state index contributed by atoms with van der Waals surface area (Å²) in [6.45, 7) is 0. The molecule has 0 bridgehead atoms. The van der Waals surface area contributed by atoms with Gasteiger partial charge >= 0.3 is 0 Å². The molecule has 2 aromatic rings. The summed E-state index contributed by atoms with van der Waals surface area (Å²) in [4.78, 5) is 0. The molecule has 0 N–H and O–H groups in total. The monoisotopic (exact) mass is 232 g/mol. The van der Waals surface area contributed by atoms with Crippen molar-refractivity contribution in [3.8, 4) is 16.9 Å². The van der Waals surface area contributed by atoms with Crippen LogP contribution in [0, 0.1) is 0 Å². The topological polar surface area (TPSA) is 9.23 Å². The Kier molecular flexibility index (Phi) is 3.47. The predicted molar refractivity (Wildman–Crippen MR) is 68.0 cm³/mol. The van der Waals surface area contributed by atoms with Gasteiger partial charge in [-0.2, -0.15) is 0 Å². The van der Waals surface area contributed by atoms with Crippen molar-refractivity contribution < 1.29 is 4.74 Å². The van der Waals surface area contributed by atoms with Crippen LogP contribution in [0.1, 0.15) is 5.56 Å². The molecule has 0 fully saturated rings. The van der Waals surface area contributed by atoms with Crippen LogP contribution >= 0.6 is 11.6 Å². The van der Waals surface area contributed by atoms with Crippen LogP contribution in [0.3, 0.4) is 0 Å². The molecule has 0 saturated heterocycles. The van der Waals surface area contributed by atoms with Crippen molar-refractivity contribution in [2.24, 2.45) is 0 Å². The van der Waals surface area contributed by atoms with Gasteiger partial charge in [-0.05, 0) is 17.2 Å². The van der Waals surface area contributed by atoms with E-state index in [1.807, 2.05) is 30.3 Å². The van der Waals surface area contributed by atoms with Gasteiger partial charge in [0.25, 0.3) is 0 Å². The highest BCUT2D eigenvalue weighted by Gasteiger charge is 2.08. The van der Waals surface area contributed by atoms with E-state index >= 15 is 0 Å². The molecule has 2 heteroatoms. The zero-order chi connectivity index (χ0) is 11.4. The summed E-state index contributed by atoms with van der Waals surface area (Å²) in [5.74, 6) is 1.30. The first-order valence-electron chi connectivity index (χ1n) is 5.14. The van der Waals surface area contributed by atoms with E-state index < -0.39 is 0 Å². The second-order valence-corrected chi connectivity index (χ2v) is 3.75. The molecule has 1 nitrogen and oxygen atoms in total. The van der Waals surface area contributed by atoms with E-state index in [4.69, 9.17) is 16.3 Å². The second-order valence-electron chi connectivity index (χ2n) is 3.49. The van der Waals surface area contributed by atoms with Gasteiger partial charge in [0.1, 0.15) is 5.75 Å². The average Bonchev–Trinajstić information content (AvgIpc) is 2.38. The molecule has 16 heavy (non-hydrogen) atoms. The minimum absolute atomic E-state index is 0.453. The summed E-state index contributed by atoms with van der Waals surface area (Å²) >= 11 is 5.99. The van der Waals surface area contributed by atoms with Crippen molar-refractivity contribution >= 4 is 11.6 Å². The van der Waals surface area contributed by atoms with Crippen LogP contribution in [-0.4, -0.2) is 7.11 Å². The van der Waals surface area contributed by atoms with Crippen LogP contribution in [0.15, 0.2) is 48.5 Å². The molecule has 0 saturated carbocycles. The van der Waals surface area contributed by atoms with E-state index in [-0.39, 0.29) is 0 Å². The fourth-order valence-electron chi connectivity index (χ4n) is 1.78. The third-order valence-electron chi connectivity index (χ3n) is 2.57. The fourth-order valence-corrected chi connectivity index (χ4v) is 2.06. The molecular weight excluding hydrogens is 220 g/mol. The van der Waals surface area contributed by atoms with Crippen LogP contribution in [0.2, 0.25) is 0 Å². The highest BCUT2D eigenvalue weighted by atomic mass is 35.5. The third kappa shape index (κ3) is 2.05. The summed E-state index contributed by atoms with van der Waals surface area (Å²) < 4.78 is 5.31. The number of rotatable bonds is 3. The molecule has 0 aliphatic heterocycles. The number of benzene rings is 2. The van der Waals surface area contributed by atoms with E-state index in [0.29, 0.717) is 5.88 Å². The Balaban J connectivity index is 2.57. The summed E-state index contributed by atoms with van der Waals surface area (Å²) in [5.41, 5.74) is 3.34. The zero-order valence-electron chi connectivity index (χ0n) is 9.11. The van der Waals surface area contributed by atoms with Crippen LogP contribution in [0.25, 0.3) is 11.1 Å². The predicted octanol–water partition coefficient (Wildman–Crippen LogP) is 4.10. The van der Waals surface area contributed by atoms with E-state index in [1.54, 1.807) is 7.11 Å². The first-order valence-corrected chi connectivity index (χ1v) is 5.67. The molecule has 2 aromatic carbocycles. The SMILES string of the molecule is COc1cccc(-c2ccccc2)c1CCl. The highest BCUT2D eigenvalue weighted by molar-refractivity contribution is 6.17. The minimum Gasteiger partial charge on any atom is -0.496 e. The quantitative estimate of drug-likeness (QED) is 0.724. The number of halogens is 1. The lowest BCUT2D eigenvalue weighted by Gasteiger charge is -2.11. The Labute approximate surface area is 101 Å². The van der Waals surface area contributed by atoms with Gasteiger partial charge in [0.2, 0.25) is 0 Å². The maximum absolute atomic E-state index is 5.99. The molecule has 0 unspecified atom stereocenters. The Bertz CT molecular complexity index is 465. The van der Waals surface area contributed by atoms with Gasteiger partial charge in [-0.25, -0.2) is 0 Å². The standard InChI is InChI=1S/C14H13ClO/c1-16-14-9-5-8-12(13(14)10-15)11-6-3-2-4-7-11/h2-9H,10H2,1H3. The first kappa shape index (κ1) is 11.0. The van der Waals surface area contributed by atoms with Crippen molar-refractivity contribution in [2.75, 3.05) is 7.11 Å². The van der Waals surface area contributed by atoms with Gasteiger partial charge in [-0.15, -0.1) is 11.6 Å². The number of alkyl halides is 1. The van der Waals surface area contributed by atoms with Crippen molar-refractivity contribution in [3.05, 3.63) is 54.1 Å². The zero-order valence-corrected chi connectivity index (χ0v) is 9.87. The first-order chi connectivity index (χ1) is 7.86. The minimum atomic E-state index is 0.453. The Morgan fingerprint density at radius 2 is 1.75 bits per heavy atom. The van der Waals surface area contributed by atoms with Crippen molar-refractivity contribution in [3.63, 3.8) is 0 Å². The molecular formula is C14H13ClO. The Morgan fingerprint density at radius 3 is 2.38 bits per heavy atom. The lowest BCUT2D eigenvalue weighted by atomic mass is 10.00. The summed E-state index contributed by atoms with van der Waals surface area (Å²) in [6, 6.07) is 16.2. The number of ether oxygens (including phenoxy) is 1. The molecule has 0 radical (unpaired) electrons. The average molecular weight is 233 g/mol. The third-order valence-corrected chi connectivity index (χ3v) is 2.84. The van der Waals surface area contributed by atoms with E-state index in [1.165, 1.54) is 0 Å². The summed E-state index contributed by atoms with van der Waals surface area (Å²) in [6.07, 6.45) is 0. The molecule has 0 spiro atoms. The van der Waals surface area contributed by atoms with E-state index in [2.05, 4.69) is 18.2 Å². The molecule has 82 valence electrons. The van der Waals surface area contributed by atoms with E-state index in [0.717, 1.165) is 22.4 Å². The van der Waals surface area contributed by atoms with Crippen molar-refractivity contribution in [1.82, 2.24) is 0 Å². The van der Waals surface area contributed by atoms with Crippen molar-refractivity contribution in [1.29, 1.82) is 0 Å². The molecule has 0 amide bonds. The highest BCUT2D eigenvalue weighted by Crippen LogP contribution is 2.31.